The SMILES string of the molecule is CCCc1ccc(S(=O)(=O)N2CCCC(Cc3nc(C4CC4)no3)C2)cc1. The zero-order chi connectivity index (χ0) is 18.9. The van der Waals surface area contributed by atoms with Crippen LogP contribution in [0.3, 0.4) is 0 Å². The molecule has 1 atom stereocenters. The van der Waals surface area contributed by atoms with Gasteiger partial charge in [-0.1, -0.05) is 30.6 Å². The van der Waals surface area contributed by atoms with E-state index in [1.54, 1.807) is 16.4 Å². The highest BCUT2D eigenvalue weighted by Gasteiger charge is 2.32. The van der Waals surface area contributed by atoms with Crippen LogP contribution in [-0.2, 0) is 22.9 Å². The lowest BCUT2D eigenvalue weighted by molar-refractivity contribution is 0.247. The molecule has 1 aliphatic carbocycles. The lowest BCUT2D eigenvalue weighted by atomic mass is 9.96. The van der Waals surface area contributed by atoms with E-state index in [0.717, 1.165) is 44.3 Å². The van der Waals surface area contributed by atoms with E-state index >= 15 is 0 Å². The van der Waals surface area contributed by atoms with Crippen molar-refractivity contribution in [2.24, 2.45) is 5.92 Å². The Morgan fingerprint density at radius 1 is 1.19 bits per heavy atom. The molecule has 2 fully saturated rings. The van der Waals surface area contributed by atoms with Crippen molar-refractivity contribution in [2.75, 3.05) is 13.1 Å². The molecule has 27 heavy (non-hydrogen) atoms. The summed E-state index contributed by atoms with van der Waals surface area (Å²) >= 11 is 0. The average Bonchev–Trinajstić information content (AvgIpc) is 3.42. The number of sulfonamides is 1. The Hall–Kier alpha value is -1.73. The van der Waals surface area contributed by atoms with E-state index in [1.807, 2.05) is 12.1 Å². The predicted molar refractivity (Wildman–Crippen MR) is 102 cm³/mol. The molecule has 7 heteroatoms. The molecule has 1 saturated carbocycles. The second-order valence-electron chi connectivity index (χ2n) is 7.79. The van der Waals surface area contributed by atoms with Crippen molar-refractivity contribution in [3.05, 3.63) is 41.5 Å². The number of rotatable bonds is 7. The van der Waals surface area contributed by atoms with Crippen LogP contribution in [0.25, 0.3) is 0 Å². The molecule has 2 heterocycles. The molecule has 2 aliphatic rings. The van der Waals surface area contributed by atoms with Crippen LogP contribution in [0.1, 0.15) is 62.2 Å². The summed E-state index contributed by atoms with van der Waals surface area (Å²) in [7, 11) is -3.45. The molecule has 1 saturated heterocycles. The largest absolute Gasteiger partial charge is 0.339 e. The Morgan fingerprint density at radius 2 is 1.96 bits per heavy atom. The highest BCUT2D eigenvalue weighted by Crippen LogP contribution is 2.38. The standard InChI is InChI=1S/C20H27N3O3S/c1-2-4-15-6-10-18(11-7-15)27(24,25)23-12-3-5-16(14-23)13-19-21-20(22-26-19)17-8-9-17/h6-7,10-11,16-17H,2-5,8-9,12-14H2,1H3. The Morgan fingerprint density at radius 3 is 2.67 bits per heavy atom. The maximum Gasteiger partial charge on any atom is 0.243 e. The van der Waals surface area contributed by atoms with Gasteiger partial charge < -0.3 is 4.52 Å². The lowest BCUT2D eigenvalue weighted by Gasteiger charge is -2.31. The number of hydrogen-bond donors (Lipinski definition) is 0. The van der Waals surface area contributed by atoms with Gasteiger partial charge in [-0.25, -0.2) is 8.42 Å². The summed E-state index contributed by atoms with van der Waals surface area (Å²) in [5.41, 5.74) is 1.18. The minimum Gasteiger partial charge on any atom is -0.339 e. The van der Waals surface area contributed by atoms with Crippen molar-refractivity contribution >= 4 is 10.0 Å². The van der Waals surface area contributed by atoms with Gasteiger partial charge in [0.2, 0.25) is 15.9 Å². The summed E-state index contributed by atoms with van der Waals surface area (Å²) in [5.74, 6) is 2.16. The fourth-order valence-electron chi connectivity index (χ4n) is 3.78. The molecule has 1 unspecified atom stereocenters. The van der Waals surface area contributed by atoms with Gasteiger partial charge in [-0.3, -0.25) is 0 Å². The van der Waals surface area contributed by atoms with Crippen LogP contribution in [0, 0.1) is 5.92 Å². The summed E-state index contributed by atoms with van der Waals surface area (Å²) < 4.78 is 33.1. The highest BCUT2D eigenvalue weighted by molar-refractivity contribution is 7.89. The van der Waals surface area contributed by atoms with Crippen molar-refractivity contribution in [3.63, 3.8) is 0 Å². The average molecular weight is 390 g/mol. The van der Waals surface area contributed by atoms with Crippen LogP contribution in [-0.4, -0.2) is 36.0 Å². The van der Waals surface area contributed by atoms with Gasteiger partial charge in [-0.05, 0) is 55.7 Å². The predicted octanol–water partition coefficient (Wildman–Crippen LogP) is 3.54. The summed E-state index contributed by atoms with van der Waals surface area (Å²) in [5, 5.41) is 4.06. The van der Waals surface area contributed by atoms with Gasteiger partial charge >= 0.3 is 0 Å². The van der Waals surface area contributed by atoms with Crippen LogP contribution in [0.2, 0.25) is 0 Å². The van der Waals surface area contributed by atoms with Gasteiger partial charge in [0.05, 0.1) is 4.90 Å². The Bertz CT molecular complexity index is 872. The van der Waals surface area contributed by atoms with E-state index in [-0.39, 0.29) is 5.92 Å². The summed E-state index contributed by atoms with van der Waals surface area (Å²) in [6, 6.07) is 7.33. The molecule has 146 valence electrons. The van der Waals surface area contributed by atoms with E-state index in [0.29, 0.717) is 36.2 Å². The maximum atomic E-state index is 13.0. The first kappa shape index (κ1) is 18.6. The molecule has 0 amide bonds. The van der Waals surface area contributed by atoms with Crippen LogP contribution in [0.4, 0.5) is 0 Å². The fourth-order valence-corrected chi connectivity index (χ4v) is 5.34. The van der Waals surface area contributed by atoms with Gasteiger partial charge in [0, 0.05) is 25.4 Å². The molecular formula is C20H27N3O3S. The highest BCUT2D eigenvalue weighted by atomic mass is 32.2. The number of aromatic nitrogens is 2. The summed E-state index contributed by atoms with van der Waals surface area (Å²) in [6.07, 6.45) is 6.82. The second-order valence-corrected chi connectivity index (χ2v) is 9.73. The quantitative estimate of drug-likeness (QED) is 0.724. The fraction of sp³-hybridized carbons (Fsp3) is 0.600. The van der Waals surface area contributed by atoms with Gasteiger partial charge in [0.15, 0.2) is 5.82 Å². The molecule has 1 aromatic heterocycles. The molecular weight excluding hydrogens is 362 g/mol. The zero-order valence-electron chi connectivity index (χ0n) is 15.8. The molecule has 6 nitrogen and oxygen atoms in total. The van der Waals surface area contributed by atoms with Crippen molar-refractivity contribution in [3.8, 4) is 0 Å². The summed E-state index contributed by atoms with van der Waals surface area (Å²) in [6.45, 7) is 3.21. The first-order chi connectivity index (χ1) is 13.1. The zero-order valence-corrected chi connectivity index (χ0v) is 16.6. The maximum absolute atomic E-state index is 13.0. The molecule has 2 aromatic rings. The minimum absolute atomic E-state index is 0.223. The van der Waals surface area contributed by atoms with E-state index in [4.69, 9.17) is 4.52 Å². The number of aryl methyl sites for hydroxylation is 1. The third-order valence-corrected chi connectivity index (χ3v) is 7.35. The molecule has 0 spiro atoms. The van der Waals surface area contributed by atoms with Crippen molar-refractivity contribution in [1.29, 1.82) is 0 Å². The number of benzene rings is 1. The van der Waals surface area contributed by atoms with Crippen LogP contribution in [0.5, 0.6) is 0 Å². The van der Waals surface area contributed by atoms with Crippen LogP contribution < -0.4 is 0 Å². The summed E-state index contributed by atoms with van der Waals surface area (Å²) in [4.78, 5) is 4.88. The Balaban J connectivity index is 1.42. The molecule has 0 radical (unpaired) electrons. The van der Waals surface area contributed by atoms with E-state index in [9.17, 15) is 8.42 Å². The van der Waals surface area contributed by atoms with Crippen molar-refractivity contribution in [1.82, 2.24) is 14.4 Å². The molecule has 4 rings (SSSR count). The third-order valence-electron chi connectivity index (χ3n) is 5.47. The second kappa shape index (κ2) is 7.72. The number of nitrogens with zero attached hydrogens (tertiary/aromatic N) is 3. The molecule has 0 N–H and O–H groups in total. The number of hydrogen-bond acceptors (Lipinski definition) is 5. The first-order valence-electron chi connectivity index (χ1n) is 9.98. The minimum atomic E-state index is -3.45. The Kier molecular flexibility index (Phi) is 5.32. The third kappa shape index (κ3) is 4.24. The van der Waals surface area contributed by atoms with E-state index in [2.05, 4.69) is 17.1 Å². The van der Waals surface area contributed by atoms with Crippen LogP contribution >= 0.6 is 0 Å². The van der Waals surface area contributed by atoms with Crippen molar-refractivity contribution in [2.45, 2.75) is 62.7 Å². The van der Waals surface area contributed by atoms with E-state index < -0.39 is 10.0 Å². The Labute approximate surface area is 161 Å². The van der Waals surface area contributed by atoms with Gasteiger partial charge in [0.1, 0.15) is 0 Å². The monoisotopic (exact) mass is 389 g/mol. The number of piperidine rings is 1. The topological polar surface area (TPSA) is 76.3 Å². The van der Waals surface area contributed by atoms with Crippen molar-refractivity contribution < 1.29 is 12.9 Å². The van der Waals surface area contributed by atoms with Crippen LogP contribution in [0.15, 0.2) is 33.7 Å². The van der Waals surface area contributed by atoms with Gasteiger partial charge in [0.25, 0.3) is 0 Å². The smallest absolute Gasteiger partial charge is 0.243 e. The van der Waals surface area contributed by atoms with Gasteiger partial charge in [-0.2, -0.15) is 9.29 Å². The van der Waals surface area contributed by atoms with Gasteiger partial charge in [-0.15, -0.1) is 0 Å². The molecule has 1 aromatic carbocycles. The normalized spacial score (nSPS) is 21.4. The first-order valence-corrected chi connectivity index (χ1v) is 11.4. The molecule has 0 bridgehead atoms. The van der Waals surface area contributed by atoms with E-state index in [1.165, 1.54) is 5.56 Å². The lowest BCUT2D eigenvalue weighted by Crippen LogP contribution is -2.40. The molecule has 1 aliphatic heterocycles.